The topological polar surface area (TPSA) is 55.1 Å². The predicted octanol–water partition coefficient (Wildman–Crippen LogP) is 3.62. The molecule has 2 rings (SSSR count). The molecular formula is C18H34N2O. The van der Waals surface area contributed by atoms with Gasteiger partial charge in [-0.05, 0) is 75.7 Å². The average molecular weight is 294 g/mol. The quantitative estimate of drug-likeness (QED) is 0.786. The maximum Gasteiger partial charge on any atom is 0.220 e. The van der Waals surface area contributed by atoms with E-state index in [2.05, 4.69) is 12.2 Å². The molecule has 3 nitrogen and oxygen atoms in total. The van der Waals surface area contributed by atoms with Crippen LogP contribution in [0.25, 0.3) is 0 Å². The zero-order valence-electron chi connectivity index (χ0n) is 13.8. The van der Waals surface area contributed by atoms with Crippen LogP contribution in [0.1, 0.15) is 77.6 Å². The van der Waals surface area contributed by atoms with Gasteiger partial charge in [-0.15, -0.1) is 0 Å². The molecule has 0 saturated heterocycles. The van der Waals surface area contributed by atoms with Crippen molar-refractivity contribution < 1.29 is 4.79 Å². The van der Waals surface area contributed by atoms with E-state index in [1.54, 1.807) is 0 Å². The molecule has 0 spiro atoms. The van der Waals surface area contributed by atoms with Crippen LogP contribution in [0.2, 0.25) is 0 Å². The molecule has 0 aromatic carbocycles. The SMILES string of the molecule is CCCC1CCC(NC(=O)CC2CCC(CN)CC2)CC1. The Morgan fingerprint density at radius 2 is 1.52 bits per heavy atom. The van der Waals surface area contributed by atoms with E-state index < -0.39 is 0 Å². The number of nitrogens with one attached hydrogen (secondary N) is 1. The summed E-state index contributed by atoms with van der Waals surface area (Å²) in [6.45, 7) is 3.09. The summed E-state index contributed by atoms with van der Waals surface area (Å²) < 4.78 is 0. The lowest BCUT2D eigenvalue weighted by molar-refractivity contribution is -0.123. The van der Waals surface area contributed by atoms with Crippen LogP contribution in [-0.2, 0) is 4.79 Å². The Morgan fingerprint density at radius 1 is 0.952 bits per heavy atom. The van der Waals surface area contributed by atoms with Crippen molar-refractivity contribution in [3.05, 3.63) is 0 Å². The minimum Gasteiger partial charge on any atom is -0.353 e. The van der Waals surface area contributed by atoms with Gasteiger partial charge in [-0.2, -0.15) is 0 Å². The maximum absolute atomic E-state index is 12.2. The fourth-order valence-electron chi connectivity index (χ4n) is 4.22. The van der Waals surface area contributed by atoms with Crippen molar-refractivity contribution in [2.75, 3.05) is 6.54 Å². The Hall–Kier alpha value is -0.570. The highest BCUT2D eigenvalue weighted by Gasteiger charge is 2.25. The van der Waals surface area contributed by atoms with Gasteiger partial charge in [0.1, 0.15) is 0 Å². The van der Waals surface area contributed by atoms with Gasteiger partial charge in [0.25, 0.3) is 0 Å². The minimum absolute atomic E-state index is 0.296. The van der Waals surface area contributed by atoms with Crippen molar-refractivity contribution in [3.63, 3.8) is 0 Å². The van der Waals surface area contributed by atoms with Gasteiger partial charge >= 0.3 is 0 Å². The third-order valence-corrected chi connectivity index (χ3v) is 5.68. The van der Waals surface area contributed by atoms with Crippen molar-refractivity contribution in [1.29, 1.82) is 0 Å². The summed E-state index contributed by atoms with van der Waals surface area (Å²) in [6.07, 6.45) is 13.2. The fraction of sp³-hybridized carbons (Fsp3) is 0.944. The van der Waals surface area contributed by atoms with E-state index in [4.69, 9.17) is 5.73 Å². The Labute approximate surface area is 130 Å². The number of hydrogen-bond acceptors (Lipinski definition) is 2. The smallest absolute Gasteiger partial charge is 0.220 e. The van der Waals surface area contributed by atoms with Crippen molar-refractivity contribution in [1.82, 2.24) is 5.32 Å². The van der Waals surface area contributed by atoms with Gasteiger partial charge in [-0.3, -0.25) is 4.79 Å². The van der Waals surface area contributed by atoms with Crippen molar-refractivity contribution in [2.24, 2.45) is 23.5 Å². The molecule has 21 heavy (non-hydrogen) atoms. The van der Waals surface area contributed by atoms with Gasteiger partial charge in [0, 0.05) is 12.5 Å². The molecular weight excluding hydrogens is 260 g/mol. The molecule has 2 aliphatic carbocycles. The van der Waals surface area contributed by atoms with Crippen LogP contribution in [0.3, 0.4) is 0 Å². The van der Waals surface area contributed by atoms with Crippen molar-refractivity contribution in [3.8, 4) is 0 Å². The van der Waals surface area contributed by atoms with Gasteiger partial charge in [0.2, 0.25) is 5.91 Å². The van der Waals surface area contributed by atoms with E-state index in [-0.39, 0.29) is 0 Å². The summed E-state index contributed by atoms with van der Waals surface area (Å²) in [5.41, 5.74) is 5.73. The van der Waals surface area contributed by atoms with Crippen LogP contribution >= 0.6 is 0 Å². The Bertz CT molecular complexity index is 302. The number of rotatable bonds is 6. The van der Waals surface area contributed by atoms with Crippen molar-refractivity contribution in [2.45, 2.75) is 83.6 Å². The molecule has 0 atom stereocenters. The van der Waals surface area contributed by atoms with Gasteiger partial charge in [0.15, 0.2) is 0 Å². The second kappa shape index (κ2) is 8.77. The van der Waals surface area contributed by atoms with E-state index in [1.807, 2.05) is 0 Å². The summed E-state index contributed by atoms with van der Waals surface area (Å²) in [5, 5.41) is 3.29. The molecule has 0 bridgehead atoms. The minimum atomic E-state index is 0.296. The van der Waals surface area contributed by atoms with Gasteiger partial charge in [-0.25, -0.2) is 0 Å². The molecule has 0 radical (unpaired) electrons. The lowest BCUT2D eigenvalue weighted by Crippen LogP contribution is -2.38. The molecule has 3 N–H and O–H groups in total. The molecule has 2 fully saturated rings. The third-order valence-electron chi connectivity index (χ3n) is 5.68. The molecule has 2 saturated carbocycles. The second-order valence-electron chi connectivity index (χ2n) is 7.40. The zero-order chi connectivity index (χ0) is 15.1. The van der Waals surface area contributed by atoms with Gasteiger partial charge < -0.3 is 11.1 Å². The molecule has 0 heterocycles. The fourth-order valence-corrected chi connectivity index (χ4v) is 4.22. The first-order valence-electron chi connectivity index (χ1n) is 9.20. The monoisotopic (exact) mass is 294 g/mol. The van der Waals surface area contributed by atoms with Crippen LogP contribution in [0, 0.1) is 17.8 Å². The molecule has 122 valence electrons. The van der Waals surface area contributed by atoms with E-state index in [9.17, 15) is 4.79 Å². The molecule has 0 unspecified atom stereocenters. The molecule has 2 aliphatic rings. The van der Waals surface area contributed by atoms with Crippen LogP contribution < -0.4 is 11.1 Å². The molecule has 3 heteroatoms. The van der Waals surface area contributed by atoms with Gasteiger partial charge in [-0.1, -0.05) is 19.8 Å². The zero-order valence-corrected chi connectivity index (χ0v) is 13.8. The normalized spacial score (nSPS) is 33.6. The largest absolute Gasteiger partial charge is 0.353 e. The second-order valence-corrected chi connectivity index (χ2v) is 7.40. The highest BCUT2D eigenvalue weighted by atomic mass is 16.1. The number of nitrogens with two attached hydrogens (primary N) is 1. The number of carbonyl (C=O) groups is 1. The van der Waals surface area contributed by atoms with E-state index in [1.165, 1.54) is 64.2 Å². The summed E-state index contributed by atoms with van der Waals surface area (Å²) >= 11 is 0. The van der Waals surface area contributed by atoms with E-state index >= 15 is 0 Å². The number of hydrogen-bond donors (Lipinski definition) is 2. The van der Waals surface area contributed by atoms with Crippen LogP contribution in [0.5, 0.6) is 0 Å². The Kier molecular flexibility index (Phi) is 7.01. The van der Waals surface area contributed by atoms with Crippen molar-refractivity contribution >= 4 is 5.91 Å². The van der Waals surface area contributed by atoms with E-state index in [0.717, 1.165) is 18.9 Å². The summed E-state index contributed by atoms with van der Waals surface area (Å²) in [4.78, 5) is 12.2. The van der Waals surface area contributed by atoms with Crippen LogP contribution in [0.4, 0.5) is 0 Å². The van der Waals surface area contributed by atoms with Crippen LogP contribution in [-0.4, -0.2) is 18.5 Å². The first-order valence-corrected chi connectivity index (χ1v) is 9.20. The van der Waals surface area contributed by atoms with E-state index in [0.29, 0.717) is 23.8 Å². The first kappa shape index (κ1) is 16.8. The number of carbonyl (C=O) groups excluding carboxylic acids is 1. The number of amides is 1. The maximum atomic E-state index is 12.2. The highest BCUT2D eigenvalue weighted by molar-refractivity contribution is 5.76. The summed E-state index contributed by atoms with van der Waals surface area (Å²) in [7, 11) is 0. The lowest BCUT2D eigenvalue weighted by Gasteiger charge is -2.30. The van der Waals surface area contributed by atoms with Crippen LogP contribution in [0.15, 0.2) is 0 Å². The predicted molar refractivity (Wildman–Crippen MR) is 87.9 cm³/mol. The summed E-state index contributed by atoms with van der Waals surface area (Å²) in [5.74, 6) is 2.52. The first-order chi connectivity index (χ1) is 10.2. The average Bonchev–Trinajstić information content (AvgIpc) is 2.50. The molecule has 1 amide bonds. The highest BCUT2D eigenvalue weighted by Crippen LogP contribution is 2.31. The third kappa shape index (κ3) is 5.61. The Balaban J connectivity index is 1.62. The molecule has 0 aromatic heterocycles. The molecule has 0 aromatic rings. The van der Waals surface area contributed by atoms with Gasteiger partial charge in [0.05, 0.1) is 0 Å². The standard InChI is InChI=1S/C18H34N2O/c1-2-3-14-8-10-17(11-9-14)20-18(21)12-15-4-6-16(13-19)7-5-15/h14-17H,2-13,19H2,1H3,(H,20,21). The summed E-state index contributed by atoms with van der Waals surface area (Å²) in [6, 6.07) is 0.450. The Morgan fingerprint density at radius 3 is 2.10 bits per heavy atom. The lowest BCUT2D eigenvalue weighted by atomic mass is 9.80. The molecule has 0 aliphatic heterocycles.